The largest absolute Gasteiger partial charge is 0.480 e. The first kappa shape index (κ1) is 19.0. The molecule has 0 aliphatic carbocycles. The standard InChI is InChI=1S/C14H15N3O4S.ClH/c1-22-5-4-10(14(20)21)17-12-9-3-2-8(13(18)19)6-11(9)15-7-16-12;/h2-3,6-7,10H,4-5H2,1H3,(H,18,19)(H,20,21)(H,15,16,17);1H. The van der Waals surface area contributed by atoms with Crippen molar-refractivity contribution in [1.29, 1.82) is 0 Å². The van der Waals surface area contributed by atoms with E-state index in [4.69, 9.17) is 5.11 Å². The Hall–Kier alpha value is -2.06. The van der Waals surface area contributed by atoms with Gasteiger partial charge in [-0.1, -0.05) is 0 Å². The number of hydrogen-bond acceptors (Lipinski definition) is 6. The van der Waals surface area contributed by atoms with Crippen LogP contribution in [0.25, 0.3) is 10.9 Å². The van der Waals surface area contributed by atoms with Crippen LogP contribution >= 0.6 is 24.2 Å². The highest BCUT2D eigenvalue weighted by atomic mass is 35.5. The van der Waals surface area contributed by atoms with E-state index < -0.39 is 18.0 Å². The Kier molecular flexibility index (Phi) is 7.05. The van der Waals surface area contributed by atoms with Crippen LogP contribution in [-0.2, 0) is 4.79 Å². The Bertz CT molecular complexity index is 713. The number of halogens is 1. The number of thioether (sulfide) groups is 1. The average Bonchev–Trinajstić information content (AvgIpc) is 2.50. The van der Waals surface area contributed by atoms with Gasteiger partial charge in [0.15, 0.2) is 0 Å². The predicted molar refractivity (Wildman–Crippen MR) is 91.8 cm³/mol. The van der Waals surface area contributed by atoms with E-state index in [0.29, 0.717) is 28.9 Å². The van der Waals surface area contributed by atoms with Crippen molar-refractivity contribution < 1.29 is 19.8 Å². The monoisotopic (exact) mass is 357 g/mol. The van der Waals surface area contributed by atoms with Crippen molar-refractivity contribution in [2.24, 2.45) is 0 Å². The summed E-state index contributed by atoms with van der Waals surface area (Å²) in [4.78, 5) is 30.4. The van der Waals surface area contributed by atoms with E-state index in [-0.39, 0.29) is 18.0 Å². The van der Waals surface area contributed by atoms with E-state index in [1.54, 1.807) is 17.8 Å². The van der Waals surface area contributed by atoms with E-state index in [2.05, 4.69) is 15.3 Å². The molecule has 1 heterocycles. The number of hydrogen-bond donors (Lipinski definition) is 3. The fourth-order valence-corrected chi connectivity index (χ4v) is 2.43. The minimum Gasteiger partial charge on any atom is -0.480 e. The molecule has 0 saturated carbocycles. The van der Waals surface area contributed by atoms with Gasteiger partial charge < -0.3 is 15.5 Å². The van der Waals surface area contributed by atoms with E-state index in [1.165, 1.54) is 18.5 Å². The molecule has 7 nitrogen and oxygen atoms in total. The van der Waals surface area contributed by atoms with Crippen LogP contribution in [0.2, 0.25) is 0 Å². The summed E-state index contributed by atoms with van der Waals surface area (Å²) < 4.78 is 0. The highest BCUT2D eigenvalue weighted by molar-refractivity contribution is 7.98. The fourth-order valence-electron chi connectivity index (χ4n) is 1.96. The van der Waals surface area contributed by atoms with Gasteiger partial charge in [-0.3, -0.25) is 0 Å². The molecule has 23 heavy (non-hydrogen) atoms. The molecule has 0 radical (unpaired) electrons. The van der Waals surface area contributed by atoms with Crippen molar-refractivity contribution in [2.75, 3.05) is 17.3 Å². The quantitative estimate of drug-likeness (QED) is 0.692. The molecule has 2 aromatic rings. The van der Waals surface area contributed by atoms with Crippen molar-refractivity contribution in [1.82, 2.24) is 9.97 Å². The van der Waals surface area contributed by atoms with Gasteiger partial charge in [-0.15, -0.1) is 12.4 Å². The zero-order chi connectivity index (χ0) is 16.1. The molecule has 2 rings (SSSR count). The van der Waals surface area contributed by atoms with Crippen LogP contribution in [-0.4, -0.2) is 50.2 Å². The van der Waals surface area contributed by atoms with Crippen molar-refractivity contribution >= 4 is 52.8 Å². The first-order chi connectivity index (χ1) is 10.5. The van der Waals surface area contributed by atoms with Gasteiger partial charge in [0, 0.05) is 5.39 Å². The molecule has 1 unspecified atom stereocenters. The van der Waals surface area contributed by atoms with Gasteiger partial charge in [-0.2, -0.15) is 11.8 Å². The zero-order valence-corrected chi connectivity index (χ0v) is 13.9. The maximum atomic E-state index is 11.3. The lowest BCUT2D eigenvalue weighted by atomic mass is 10.1. The minimum absolute atomic E-state index is 0. The summed E-state index contributed by atoms with van der Waals surface area (Å²) >= 11 is 1.57. The Morgan fingerprint density at radius 1 is 1.30 bits per heavy atom. The SMILES string of the molecule is CSCCC(Nc1ncnc2cc(C(=O)O)ccc12)C(=O)O.Cl. The van der Waals surface area contributed by atoms with Crippen LogP contribution in [0.4, 0.5) is 5.82 Å². The van der Waals surface area contributed by atoms with Gasteiger partial charge in [0.25, 0.3) is 0 Å². The smallest absolute Gasteiger partial charge is 0.335 e. The molecule has 9 heteroatoms. The number of anilines is 1. The van der Waals surface area contributed by atoms with Gasteiger partial charge in [-0.25, -0.2) is 19.6 Å². The summed E-state index contributed by atoms with van der Waals surface area (Å²) in [7, 11) is 0. The summed E-state index contributed by atoms with van der Waals surface area (Å²) in [5, 5.41) is 21.7. The Morgan fingerprint density at radius 2 is 2.04 bits per heavy atom. The molecular weight excluding hydrogens is 342 g/mol. The molecule has 3 N–H and O–H groups in total. The third-order valence-corrected chi connectivity index (χ3v) is 3.75. The maximum absolute atomic E-state index is 11.3. The van der Waals surface area contributed by atoms with Crippen LogP contribution in [0.1, 0.15) is 16.8 Å². The molecular formula is C14H16ClN3O4S. The summed E-state index contributed by atoms with van der Waals surface area (Å²) in [6, 6.07) is 3.69. The zero-order valence-electron chi connectivity index (χ0n) is 12.2. The van der Waals surface area contributed by atoms with Crippen LogP contribution in [0, 0.1) is 0 Å². The van der Waals surface area contributed by atoms with Gasteiger partial charge in [0.2, 0.25) is 0 Å². The molecule has 1 atom stereocenters. The van der Waals surface area contributed by atoms with Crippen molar-refractivity contribution in [3.05, 3.63) is 30.1 Å². The van der Waals surface area contributed by atoms with E-state index in [1.807, 2.05) is 6.26 Å². The number of carbonyl (C=O) groups is 2. The fraction of sp³-hybridized carbons (Fsp3) is 0.286. The Morgan fingerprint density at radius 3 is 2.65 bits per heavy atom. The van der Waals surface area contributed by atoms with E-state index in [0.717, 1.165) is 0 Å². The van der Waals surface area contributed by atoms with Crippen LogP contribution in [0.5, 0.6) is 0 Å². The van der Waals surface area contributed by atoms with Gasteiger partial charge >= 0.3 is 11.9 Å². The number of aromatic nitrogens is 2. The second kappa shape index (κ2) is 8.54. The molecule has 0 fully saturated rings. The van der Waals surface area contributed by atoms with Crippen LogP contribution in [0.15, 0.2) is 24.5 Å². The Labute approximate surface area is 142 Å². The van der Waals surface area contributed by atoms with Crippen LogP contribution < -0.4 is 5.32 Å². The average molecular weight is 358 g/mol. The van der Waals surface area contributed by atoms with Crippen LogP contribution in [0.3, 0.4) is 0 Å². The van der Waals surface area contributed by atoms with Gasteiger partial charge in [0.05, 0.1) is 11.1 Å². The topological polar surface area (TPSA) is 112 Å². The third-order valence-electron chi connectivity index (χ3n) is 3.10. The Balaban J connectivity index is 0.00000264. The molecule has 1 aromatic carbocycles. The van der Waals surface area contributed by atoms with Gasteiger partial charge in [0.1, 0.15) is 18.2 Å². The number of benzene rings is 1. The molecule has 1 aromatic heterocycles. The minimum atomic E-state index is -1.04. The van der Waals surface area contributed by atoms with Crippen molar-refractivity contribution in [3.8, 4) is 0 Å². The number of fused-ring (bicyclic) bond motifs is 1. The molecule has 0 amide bonds. The number of aromatic carboxylic acids is 1. The molecule has 0 bridgehead atoms. The third kappa shape index (κ3) is 4.70. The first-order valence-corrected chi connectivity index (χ1v) is 7.88. The number of rotatable bonds is 7. The highest BCUT2D eigenvalue weighted by Gasteiger charge is 2.18. The number of aliphatic carboxylic acids is 1. The summed E-state index contributed by atoms with van der Waals surface area (Å²) in [5.74, 6) is -0.910. The van der Waals surface area contributed by atoms with E-state index >= 15 is 0 Å². The highest BCUT2D eigenvalue weighted by Crippen LogP contribution is 2.21. The van der Waals surface area contributed by atoms with Gasteiger partial charge in [-0.05, 0) is 36.6 Å². The summed E-state index contributed by atoms with van der Waals surface area (Å²) in [6.07, 6.45) is 3.64. The number of nitrogens with zero attached hydrogens (tertiary/aromatic N) is 2. The lowest BCUT2D eigenvalue weighted by molar-refractivity contribution is -0.137. The number of carboxylic acid groups (broad SMARTS) is 2. The summed E-state index contributed by atoms with van der Waals surface area (Å²) in [5.41, 5.74) is 0.570. The number of carboxylic acids is 2. The predicted octanol–water partition coefficient (Wildman–Crippen LogP) is 2.37. The molecule has 0 spiro atoms. The van der Waals surface area contributed by atoms with Crippen molar-refractivity contribution in [2.45, 2.75) is 12.5 Å². The molecule has 124 valence electrons. The lowest BCUT2D eigenvalue weighted by Crippen LogP contribution is -2.30. The van der Waals surface area contributed by atoms with E-state index in [9.17, 15) is 14.7 Å². The molecule has 0 saturated heterocycles. The maximum Gasteiger partial charge on any atom is 0.335 e. The normalized spacial score (nSPS) is 11.5. The second-order valence-corrected chi connectivity index (χ2v) is 5.56. The van der Waals surface area contributed by atoms with Crippen molar-refractivity contribution in [3.63, 3.8) is 0 Å². The summed E-state index contributed by atoms with van der Waals surface area (Å²) in [6.45, 7) is 0. The molecule has 0 aliphatic rings. The molecule has 0 aliphatic heterocycles. The second-order valence-electron chi connectivity index (χ2n) is 4.58. The lowest BCUT2D eigenvalue weighted by Gasteiger charge is -2.15. The number of nitrogens with one attached hydrogen (secondary N) is 1. The first-order valence-electron chi connectivity index (χ1n) is 6.49.